The zero-order valence-electron chi connectivity index (χ0n) is 11.5. The minimum absolute atomic E-state index is 0.0982. The first-order valence-corrected chi connectivity index (χ1v) is 8.45. The van der Waals surface area contributed by atoms with Gasteiger partial charge in [0.1, 0.15) is 0 Å². The van der Waals surface area contributed by atoms with Crippen LogP contribution in [0.25, 0.3) is 11.3 Å². The lowest BCUT2D eigenvalue weighted by atomic mass is 9.86. The fourth-order valence-corrected chi connectivity index (χ4v) is 3.11. The number of nitrogens with one attached hydrogen (secondary N) is 1. The highest BCUT2D eigenvalue weighted by Crippen LogP contribution is 2.28. The number of hydrogen-bond acceptors (Lipinski definition) is 4. The van der Waals surface area contributed by atoms with Crippen LogP contribution in [0, 0.1) is 0 Å². The van der Waals surface area contributed by atoms with Gasteiger partial charge in [-0.2, -0.15) is 8.42 Å². The van der Waals surface area contributed by atoms with Gasteiger partial charge in [0.15, 0.2) is 5.13 Å². The Kier molecular flexibility index (Phi) is 3.86. The van der Waals surface area contributed by atoms with Gasteiger partial charge in [-0.15, -0.1) is 11.3 Å². The van der Waals surface area contributed by atoms with Crippen LogP contribution >= 0.6 is 11.3 Å². The molecule has 0 amide bonds. The van der Waals surface area contributed by atoms with Crippen LogP contribution in [0.2, 0.25) is 0 Å². The summed E-state index contributed by atoms with van der Waals surface area (Å²) in [6.07, 6.45) is 0. The lowest BCUT2D eigenvalue weighted by Crippen LogP contribution is -2.21. The predicted molar refractivity (Wildman–Crippen MR) is 83.0 cm³/mol. The first-order chi connectivity index (χ1) is 9.15. The summed E-state index contributed by atoms with van der Waals surface area (Å²) in [7, 11) is -3.77. The second kappa shape index (κ2) is 5.16. The molecule has 1 heterocycles. The Labute approximate surface area is 123 Å². The van der Waals surface area contributed by atoms with E-state index in [2.05, 4.69) is 42.6 Å². The molecule has 0 aliphatic carbocycles. The molecule has 108 valence electrons. The van der Waals surface area contributed by atoms with Gasteiger partial charge in [-0.05, 0) is 11.0 Å². The maximum atomic E-state index is 10.9. The zero-order valence-corrected chi connectivity index (χ0v) is 13.2. The third kappa shape index (κ3) is 3.78. The molecule has 1 aromatic heterocycles. The van der Waals surface area contributed by atoms with E-state index < -0.39 is 10.2 Å². The summed E-state index contributed by atoms with van der Waals surface area (Å²) in [6, 6.07) is 8.08. The maximum absolute atomic E-state index is 10.9. The lowest BCUT2D eigenvalue weighted by Gasteiger charge is -2.18. The molecule has 0 bridgehead atoms. The molecule has 0 saturated carbocycles. The van der Waals surface area contributed by atoms with E-state index in [0.717, 1.165) is 11.3 Å². The molecular formula is C13H17N3O2S2. The molecule has 0 aliphatic heterocycles. The summed E-state index contributed by atoms with van der Waals surface area (Å²) in [5.41, 5.74) is 3.00. The highest BCUT2D eigenvalue weighted by Gasteiger charge is 2.14. The average Bonchev–Trinajstić information content (AvgIpc) is 2.74. The molecule has 20 heavy (non-hydrogen) atoms. The van der Waals surface area contributed by atoms with Crippen LogP contribution in [0.5, 0.6) is 0 Å². The number of hydrogen-bond donors (Lipinski definition) is 2. The Hall–Kier alpha value is -1.44. The van der Waals surface area contributed by atoms with Crippen molar-refractivity contribution in [2.75, 3.05) is 4.72 Å². The molecule has 2 aromatic rings. The highest BCUT2D eigenvalue weighted by molar-refractivity contribution is 7.90. The first-order valence-electron chi connectivity index (χ1n) is 6.02. The minimum atomic E-state index is -3.77. The molecule has 0 unspecified atom stereocenters. The Morgan fingerprint density at radius 1 is 1.20 bits per heavy atom. The highest BCUT2D eigenvalue weighted by atomic mass is 32.2. The molecule has 0 radical (unpaired) electrons. The molecule has 2 rings (SSSR count). The van der Waals surface area contributed by atoms with Crippen LogP contribution in [-0.2, 0) is 15.6 Å². The van der Waals surface area contributed by atoms with E-state index >= 15 is 0 Å². The van der Waals surface area contributed by atoms with Crippen LogP contribution in [0.15, 0.2) is 29.6 Å². The third-order valence-corrected chi connectivity index (χ3v) is 4.15. The van der Waals surface area contributed by atoms with E-state index in [0.29, 0.717) is 0 Å². The summed E-state index contributed by atoms with van der Waals surface area (Å²) >= 11 is 1.20. The van der Waals surface area contributed by atoms with E-state index in [1.54, 1.807) is 5.38 Å². The molecule has 0 atom stereocenters. The second-order valence-corrected chi connectivity index (χ2v) is 7.66. The van der Waals surface area contributed by atoms with Crippen LogP contribution in [0.1, 0.15) is 26.3 Å². The number of aromatic nitrogens is 1. The minimum Gasteiger partial charge on any atom is -0.246 e. The van der Waals surface area contributed by atoms with Crippen molar-refractivity contribution in [1.82, 2.24) is 4.98 Å². The van der Waals surface area contributed by atoms with Gasteiger partial charge in [0.05, 0.1) is 5.69 Å². The summed E-state index contributed by atoms with van der Waals surface area (Å²) < 4.78 is 24.0. The van der Waals surface area contributed by atoms with E-state index in [9.17, 15) is 8.42 Å². The van der Waals surface area contributed by atoms with Crippen molar-refractivity contribution in [3.05, 3.63) is 35.2 Å². The molecular weight excluding hydrogens is 294 g/mol. The van der Waals surface area contributed by atoms with Gasteiger partial charge in [0.25, 0.3) is 10.2 Å². The van der Waals surface area contributed by atoms with Crippen LogP contribution in [0.4, 0.5) is 5.13 Å². The summed E-state index contributed by atoms with van der Waals surface area (Å²) in [5, 5.41) is 6.97. The van der Waals surface area contributed by atoms with Gasteiger partial charge in [-0.1, -0.05) is 45.0 Å². The smallest absolute Gasteiger partial charge is 0.246 e. The number of thiazole rings is 1. The fraction of sp³-hybridized carbons (Fsp3) is 0.308. The zero-order chi connectivity index (χ0) is 15.0. The topological polar surface area (TPSA) is 85.1 Å². The van der Waals surface area contributed by atoms with Gasteiger partial charge < -0.3 is 0 Å². The quantitative estimate of drug-likeness (QED) is 0.914. The Morgan fingerprint density at radius 3 is 2.30 bits per heavy atom. The normalized spacial score (nSPS) is 12.4. The van der Waals surface area contributed by atoms with Gasteiger partial charge in [0.2, 0.25) is 0 Å². The predicted octanol–water partition coefficient (Wildman–Crippen LogP) is 2.72. The molecule has 0 aliphatic rings. The van der Waals surface area contributed by atoms with Crippen molar-refractivity contribution in [2.24, 2.45) is 5.14 Å². The van der Waals surface area contributed by atoms with Crippen LogP contribution in [-0.4, -0.2) is 13.4 Å². The van der Waals surface area contributed by atoms with Crippen molar-refractivity contribution < 1.29 is 8.42 Å². The summed E-state index contributed by atoms with van der Waals surface area (Å²) in [6.45, 7) is 6.46. The van der Waals surface area contributed by atoms with Crippen LogP contribution < -0.4 is 9.86 Å². The Balaban J connectivity index is 2.25. The Morgan fingerprint density at radius 2 is 1.80 bits per heavy atom. The molecule has 1 aromatic carbocycles. The monoisotopic (exact) mass is 311 g/mol. The molecule has 0 saturated heterocycles. The van der Waals surface area contributed by atoms with Crippen molar-refractivity contribution in [3.63, 3.8) is 0 Å². The lowest BCUT2D eigenvalue weighted by molar-refractivity contribution is 0.590. The average molecular weight is 311 g/mol. The molecule has 0 spiro atoms. The molecule has 7 heteroatoms. The summed E-state index contributed by atoms with van der Waals surface area (Å²) in [4.78, 5) is 4.21. The van der Waals surface area contributed by atoms with E-state index in [1.807, 2.05) is 12.1 Å². The number of anilines is 1. The van der Waals surface area contributed by atoms with Gasteiger partial charge >= 0.3 is 0 Å². The second-order valence-electron chi connectivity index (χ2n) is 5.51. The van der Waals surface area contributed by atoms with E-state index in [-0.39, 0.29) is 10.5 Å². The largest absolute Gasteiger partial charge is 0.298 e. The first kappa shape index (κ1) is 15.0. The van der Waals surface area contributed by atoms with E-state index in [1.165, 1.54) is 16.9 Å². The van der Waals surface area contributed by atoms with Crippen molar-refractivity contribution in [1.29, 1.82) is 0 Å². The van der Waals surface area contributed by atoms with Crippen molar-refractivity contribution in [3.8, 4) is 11.3 Å². The SMILES string of the molecule is CC(C)(C)c1ccc(-c2csc(NS(N)(=O)=O)n2)cc1. The van der Waals surface area contributed by atoms with Crippen LogP contribution in [0.3, 0.4) is 0 Å². The fourth-order valence-electron chi connectivity index (χ4n) is 1.72. The number of nitrogens with zero attached hydrogens (tertiary/aromatic N) is 1. The van der Waals surface area contributed by atoms with Crippen molar-refractivity contribution in [2.45, 2.75) is 26.2 Å². The number of nitrogens with two attached hydrogens (primary N) is 1. The molecule has 5 nitrogen and oxygen atoms in total. The van der Waals surface area contributed by atoms with Gasteiger partial charge in [0, 0.05) is 10.9 Å². The molecule has 3 N–H and O–H groups in total. The summed E-state index contributed by atoms with van der Waals surface area (Å²) in [5.74, 6) is 0. The van der Waals surface area contributed by atoms with Gasteiger partial charge in [-0.3, -0.25) is 0 Å². The standard InChI is InChI=1S/C13H17N3O2S2/c1-13(2,3)10-6-4-9(5-7-10)11-8-19-12(15-11)16-20(14,17)18/h4-8H,1-3H3,(H,15,16)(H2,14,17,18). The van der Waals surface area contributed by atoms with Crippen molar-refractivity contribution >= 4 is 26.7 Å². The number of benzene rings is 1. The van der Waals surface area contributed by atoms with E-state index in [4.69, 9.17) is 5.14 Å². The number of rotatable bonds is 3. The maximum Gasteiger partial charge on any atom is 0.298 e. The third-order valence-electron chi connectivity index (χ3n) is 2.78. The molecule has 0 fully saturated rings. The Bertz CT molecular complexity index is 698. The van der Waals surface area contributed by atoms with Gasteiger partial charge in [-0.25, -0.2) is 14.8 Å².